The molecule has 1 aromatic rings. The molecule has 1 aliphatic heterocycles. The molecule has 0 saturated carbocycles. The minimum Gasteiger partial charge on any atom is -0.267 e. The highest BCUT2D eigenvalue weighted by Gasteiger charge is 2.23. The smallest absolute Gasteiger partial charge is 0.267 e. The van der Waals surface area contributed by atoms with Crippen LogP contribution in [0.4, 0.5) is 0 Å². The number of amides is 2. The van der Waals surface area contributed by atoms with Gasteiger partial charge in [-0.15, -0.1) is 0 Å². The van der Waals surface area contributed by atoms with Crippen LogP contribution in [0.15, 0.2) is 71.4 Å². The van der Waals surface area contributed by atoms with Gasteiger partial charge in [-0.3, -0.25) is 9.59 Å². The molecule has 0 bridgehead atoms. The molecule has 21 heavy (non-hydrogen) atoms. The van der Waals surface area contributed by atoms with Gasteiger partial charge in [-0.05, 0) is 23.6 Å². The van der Waals surface area contributed by atoms with Gasteiger partial charge in [0, 0.05) is 18.6 Å². The van der Waals surface area contributed by atoms with E-state index in [1.807, 2.05) is 30.4 Å². The third-order valence-corrected chi connectivity index (χ3v) is 3.33. The first-order valence-corrected chi connectivity index (χ1v) is 6.77. The zero-order chi connectivity index (χ0) is 14.7. The van der Waals surface area contributed by atoms with Crippen molar-refractivity contribution >= 4 is 17.5 Å². The van der Waals surface area contributed by atoms with Gasteiger partial charge in [-0.2, -0.15) is 10.1 Å². The minimum atomic E-state index is -0.389. The van der Waals surface area contributed by atoms with Crippen LogP contribution in [0.2, 0.25) is 0 Å². The maximum atomic E-state index is 11.4. The maximum Gasteiger partial charge on any atom is 0.274 e. The van der Waals surface area contributed by atoms with Gasteiger partial charge in [0.25, 0.3) is 11.8 Å². The van der Waals surface area contributed by atoms with Gasteiger partial charge in [0.05, 0.1) is 5.71 Å². The van der Waals surface area contributed by atoms with Gasteiger partial charge in [-0.1, -0.05) is 42.5 Å². The number of hydrogen-bond acceptors (Lipinski definition) is 3. The first-order chi connectivity index (χ1) is 10.2. The van der Waals surface area contributed by atoms with E-state index in [4.69, 9.17) is 0 Å². The number of benzene rings is 1. The van der Waals surface area contributed by atoms with Crippen molar-refractivity contribution in [3.8, 4) is 0 Å². The quantitative estimate of drug-likeness (QED) is 0.797. The first-order valence-electron chi connectivity index (χ1n) is 6.77. The molecule has 4 nitrogen and oxygen atoms in total. The van der Waals surface area contributed by atoms with Gasteiger partial charge in [0.1, 0.15) is 0 Å². The van der Waals surface area contributed by atoms with Crippen LogP contribution >= 0.6 is 0 Å². The van der Waals surface area contributed by atoms with Crippen LogP contribution in [0.25, 0.3) is 0 Å². The van der Waals surface area contributed by atoms with Crippen molar-refractivity contribution in [2.75, 3.05) is 0 Å². The Bertz CT molecular complexity index is 679. The Morgan fingerprint density at radius 2 is 1.67 bits per heavy atom. The molecule has 1 heterocycles. The largest absolute Gasteiger partial charge is 0.274 e. The Balaban J connectivity index is 1.66. The minimum absolute atomic E-state index is 0.389. The summed E-state index contributed by atoms with van der Waals surface area (Å²) in [4.78, 5) is 22.9. The van der Waals surface area contributed by atoms with E-state index in [1.165, 1.54) is 23.3 Å². The van der Waals surface area contributed by atoms with Crippen molar-refractivity contribution in [1.82, 2.24) is 5.01 Å². The molecule has 0 fully saturated rings. The maximum absolute atomic E-state index is 11.4. The predicted molar refractivity (Wildman–Crippen MR) is 80.4 cm³/mol. The third-order valence-electron chi connectivity index (χ3n) is 3.33. The zero-order valence-electron chi connectivity index (χ0n) is 11.4. The number of imide groups is 1. The number of hydrazone groups is 1. The molecular weight excluding hydrogens is 264 g/mol. The number of nitrogens with zero attached hydrogens (tertiary/aromatic N) is 2. The van der Waals surface area contributed by atoms with E-state index in [1.54, 1.807) is 0 Å². The highest BCUT2D eigenvalue weighted by Crippen LogP contribution is 2.15. The van der Waals surface area contributed by atoms with Gasteiger partial charge in [0.15, 0.2) is 0 Å². The molecule has 2 aliphatic rings. The molecule has 0 atom stereocenters. The Labute approximate surface area is 122 Å². The van der Waals surface area contributed by atoms with Crippen molar-refractivity contribution in [2.45, 2.75) is 12.8 Å². The summed E-state index contributed by atoms with van der Waals surface area (Å²) in [5.74, 6) is -0.778. The SMILES string of the molecule is O=C1C=CC(=O)N1N=C1C=CC(Cc2ccccc2)=CC1. The molecule has 104 valence electrons. The summed E-state index contributed by atoms with van der Waals surface area (Å²) >= 11 is 0. The molecule has 0 spiro atoms. The summed E-state index contributed by atoms with van der Waals surface area (Å²) in [6.07, 6.45) is 9.86. The van der Waals surface area contributed by atoms with E-state index in [0.29, 0.717) is 12.1 Å². The Hall–Kier alpha value is -2.75. The van der Waals surface area contributed by atoms with E-state index >= 15 is 0 Å². The fourth-order valence-electron chi connectivity index (χ4n) is 2.23. The Morgan fingerprint density at radius 3 is 2.29 bits per heavy atom. The second kappa shape index (κ2) is 5.71. The summed E-state index contributed by atoms with van der Waals surface area (Å²) in [6.45, 7) is 0. The molecule has 3 rings (SSSR count). The molecule has 2 amide bonds. The fourth-order valence-corrected chi connectivity index (χ4v) is 2.23. The Morgan fingerprint density at radius 1 is 0.952 bits per heavy atom. The van der Waals surface area contributed by atoms with Crippen LogP contribution in [-0.4, -0.2) is 22.5 Å². The lowest BCUT2D eigenvalue weighted by Gasteiger charge is -2.12. The normalized spacial score (nSPS) is 19.5. The number of hydrogen-bond donors (Lipinski definition) is 0. The van der Waals surface area contributed by atoms with Crippen LogP contribution in [0.5, 0.6) is 0 Å². The lowest BCUT2D eigenvalue weighted by molar-refractivity contribution is -0.136. The van der Waals surface area contributed by atoms with E-state index in [-0.39, 0.29) is 11.8 Å². The molecular formula is C17H14N2O2. The average molecular weight is 278 g/mol. The number of rotatable bonds is 3. The second-order valence-electron chi connectivity index (χ2n) is 4.89. The average Bonchev–Trinajstić information content (AvgIpc) is 2.82. The molecule has 0 unspecified atom stereocenters. The van der Waals surface area contributed by atoms with Gasteiger partial charge in [0.2, 0.25) is 0 Å². The number of carbonyl (C=O) groups is 2. The van der Waals surface area contributed by atoms with Crippen LogP contribution in [0.3, 0.4) is 0 Å². The zero-order valence-corrected chi connectivity index (χ0v) is 11.4. The van der Waals surface area contributed by atoms with E-state index in [0.717, 1.165) is 11.4 Å². The standard InChI is InChI=1S/C17H14N2O2/c20-16-10-11-17(21)19(16)18-15-8-6-14(7-9-15)12-13-4-2-1-3-5-13/h1-8,10-11H,9,12H2. The fraction of sp³-hybridized carbons (Fsp3) is 0.118. The van der Waals surface area contributed by atoms with Gasteiger partial charge < -0.3 is 0 Å². The summed E-state index contributed by atoms with van der Waals surface area (Å²) in [7, 11) is 0. The van der Waals surface area contributed by atoms with Gasteiger partial charge in [-0.25, -0.2) is 0 Å². The summed E-state index contributed by atoms with van der Waals surface area (Å²) in [6, 6.07) is 10.2. The van der Waals surface area contributed by atoms with Crippen molar-refractivity contribution in [1.29, 1.82) is 0 Å². The summed E-state index contributed by atoms with van der Waals surface area (Å²) < 4.78 is 0. The second-order valence-corrected chi connectivity index (χ2v) is 4.89. The van der Waals surface area contributed by atoms with E-state index in [2.05, 4.69) is 23.3 Å². The van der Waals surface area contributed by atoms with E-state index in [9.17, 15) is 9.59 Å². The molecule has 4 heteroatoms. The van der Waals surface area contributed by atoms with Crippen molar-refractivity contribution in [3.05, 3.63) is 71.8 Å². The van der Waals surface area contributed by atoms with Crippen LogP contribution in [0, 0.1) is 0 Å². The van der Waals surface area contributed by atoms with Crippen molar-refractivity contribution in [3.63, 3.8) is 0 Å². The van der Waals surface area contributed by atoms with Crippen molar-refractivity contribution in [2.24, 2.45) is 5.10 Å². The summed E-state index contributed by atoms with van der Waals surface area (Å²) in [5, 5.41) is 4.99. The third kappa shape index (κ3) is 3.05. The molecule has 0 saturated heterocycles. The van der Waals surface area contributed by atoms with Crippen LogP contribution in [-0.2, 0) is 16.0 Å². The summed E-state index contributed by atoms with van der Waals surface area (Å²) in [5.41, 5.74) is 3.16. The van der Waals surface area contributed by atoms with Crippen molar-refractivity contribution < 1.29 is 9.59 Å². The highest BCUT2D eigenvalue weighted by atomic mass is 16.2. The van der Waals surface area contributed by atoms with Gasteiger partial charge >= 0.3 is 0 Å². The Kier molecular flexibility index (Phi) is 3.60. The molecule has 1 aliphatic carbocycles. The molecule has 0 N–H and O–H groups in total. The molecule has 0 aromatic heterocycles. The highest BCUT2D eigenvalue weighted by molar-refractivity contribution is 6.13. The first kappa shape index (κ1) is 13.2. The molecule has 1 aromatic carbocycles. The topological polar surface area (TPSA) is 49.7 Å². The number of carbonyl (C=O) groups excluding carboxylic acids is 2. The van der Waals surface area contributed by atoms with Crippen LogP contribution < -0.4 is 0 Å². The molecule has 0 radical (unpaired) electrons. The van der Waals surface area contributed by atoms with Crippen LogP contribution in [0.1, 0.15) is 12.0 Å². The number of allylic oxidation sites excluding steroid dienone is 4. The predicted octanol–water partition coefficient (Wildman–Crippen LogP) is 2.40. The van der Waals surface area contributed by atoms with E-state index < -0.39 is 0 Å². The lowest BCUT2D eigenvalue weighted by Crippen LogP contribution is -2.25. The monoisotopic (exact) mass is 278 g/mol. The lowest BCUT2D eigenvalue weighted by atomic mass is 9.99.